The Morgan fingerprint density at radius 2 is 1.87 bits per heavy atom. The highest BCUT2D eigenvalue weighted by molar-refractivity contribution is 4.66. The third-order valence-electron chi connectivity index (χ3n) is 2.12. The lowest BCUT2D eigenvalue weighted by molar-refractivity contribution is 0.192. The Labute approximate surface area is 95.2 Å². The molecule has 1 N–H and O–H groups in total. The smallest absolute Gasteiger partial charge is 0.0474 e. The average Bonchev–Trinajstić information content (AvgIpc) is 2.08. The Balaban J connectivity index is 3.28. The van der Waals surface area contributed by atoms with Gasteiger partial charge in [-0.3, -0.25) is 0 Å². The maximum Gasteiger partial charge on any atom is 0.0474 e. The zero-order valence-corrected chi connectivity index (χ0v) is 11.1. The van der Waals surface area contributed by atoms with Gasteiger partial charge in [0.05, 0.1) is 0 Å². The van der Waals surface area contributed by atoms with Crippen LogP contribution < -0.4 is 5.32 Å². The zero-order valence-electron chi connectivity index (χ0n) is 11.1. The minimum absolute atomic E-state index is 0.394. The van der Waals surface area contributed by atoms with Crippen LogP contribution in [0.1, 0.15) is 27.2 Å². The first-order chi connectivity index (χ1) is 6.95. The van der Waals surface area contributed by atoms with Crippen molar-refractivity contribution in [3.05, 3.63) is 0 Å². The summed E-state index contributed by atoms with van der Waals surface area (Å²) in [6, 6.07) is 0. The molecule has 0 aromatic rings. The molecule has 0 aliphatic heterocycles. The van der Waals surface area contributed by atoms with Crippen LogP contribution in [-0.2, 0) is 4.74 Å². The van der Waals surface area contributed by atoms with E-state index in [1.165, 1.54) is 0 Å². The molecule has 0 saturated carbocycles. The van der Waals surface area contributed by atoms with Crippen molar-refractivity contribution in [2.45, 2.75) is 27.2 Å². The van der Waals surface area contributed by atoms with E-state index in [-0.39, 0.29) is 0 Å². The molecule has 0 amide bonds. The second-order valence-electron chi connectivity index (χ2n) is 5.39. The van der Waals surface area contributed by atoms with Crippen molar-refractivity contribution >= 4 is 0 Å². The number of hydrogen-bond donors (Lipinski definition) is 1. The van der Waals surface area contributed by atoms with Gasteiger partial charge >= 0.3 is 0 Å². The average molecular weight is 216 g/mol. The molecule has 0 rings (SSSR count). The lowest BCUT2D eigenvalue weighted by Crippen LogP contribution is -2.35. The largest absolute Gasteiger partial charge is 0.385 e. The number of ether oxygens (including phenoxy) is 1. The summed E-state index contributed by atoms with van der Waals surface area (Å²) in [5, 5.41) is 3.42. The predicted molar refractivity (Wildman–Crippen MR) is 66.3 cm³/mol. The van der Waals surface area contributed by atoms with Gasteiger partial charge in [-0.05, 0) is 25.4 Å². The van der Waals surface area contributed by atoms with E-state index in [1.807, 2.05) is 0 Å². The minimum Gasteiger partial charge on any atom is -0.385 e. The third-order valence-corrected chi connectivity index (χ3v) is 2.12. The second-order valence-corrected chi connectivity index (χ2v) is 5.39. The van der Waals surface area contributed by atoms with Crippen molar-refractivity contribution < 1.29 is 4.74 Å². The van der Waals surface area contributed by atoms with Gasteiger partial charge in [-0.1, -0.05) is 20.8 Å². The van der Waals surface area contributed by atoms with Gasteiger partial charge in [0.25, 0.3) is 0 Å². The van der Waals surface area contributed by atoms with Crippen LogP contribution in [0.4, 0.5) is 0 Å². The van der Waals surface area contributed by atoms with Crippen LogP contribution >= 0.6 is 0 Å². The summed E-state index contributed by atoms with van der Waals surface area (Å²) in [4.78, 5) is 2.38. The first-order valence-electron chi connectivity index (χ1n) is 5.84. The molecular weight excluding hydrogens is 188 g/mol. The van der Waals surface area contributed by atoms with Gasteiger partial charge < -0.3 is 15.0 Å². The predicted octanol–water partition coefficient (Wildman–Crippen LogP) is 1.59. The Bertz CT molecular complexity index is 143. The van der Waals surface area contributed by atoms with Gasteiger partial charge in [0.1, 0.15) is 0 Å². The number of nitrogens with one attached hydrogen (secondary N) is 1. The standard InChI is InChI=1S/C12H28N2O/c1-12(2,3)11-14(4)9-8-13-7-6-10-15-5/h13H,6-11H2,1-5H3. The number of likely N-dealkylation sites (N-methyl/N-ethyl adjacent to an activating group) is 1. The van der Waals surface area contributed by atoms with E-state index in [1.54, 1.807) is 7.11 Å². The topological polar surface area (TPSA) is 24.5 Å². The highest BCUT2D eigenvalue weighted by atomic mass is 16.5. The molecule has 0 radical (unpaired) electrons. The van der Waals surface area contributed by atoms with Crippen molar-refractivity contribution in [1.29, 1.82) is 0 Å². The molecular formula is C12H28N2O. The molecule has 3 heteroatoms. The molecule has 0 bridgehead atoms. The molecule has 0 fully saturated rings. The Morgan fingerprint density at radius 3 is 2.40 bits per heavy atom. The molecule has 15 heavy (non-hydrogen) atoms. The second kappa shape index (κ2) is 8.08. The van der Waals surface area contributed by atoms with Crippen molar-refractivity contribution in [2.24, 2.45) is 5.41 Å². The summed E-state index contributed by atoms with van der Waals surface area (Å²) < 4.78 is 4.98. The summed E-state index contributed by atoms with van der Waals surface area (Å²) in [5.41, 5.74) is 0.394. The van der Waals surface area contributed by atoms with E-state index >= 15 is 0 Å². The van der Waals surface area contributed by atoms with Crippen LogP contribution in [-0.4, -0.2) is 51.8 Å². The molecule has 0 aromatic carbocycles. The zero-order chi connectivity index (χ0) is 11.7. The molecule has 0 aliphatic rings. The van der Waals surface area contributed by atoms with Crippen LogP contribution in [0.25, 0.3) is 0 Å². The van der Waals surface area contributed by atoms with E-state index in [0.717, 1.165) is 39.2 Å². The molecule has 92 valence electrons. The number of methoxy groups -OCH3 is 1. The summed E-state index contributed by atoms with van der Waals surface area (Å²) in [5.74, 6) is 0. The fourth-order valence-corrected chi connectivity index (χ4v) is 1.63. The first-order valence-corrected chi connectivity index (χ1v) is 5.84. The maximum absolute atomic E-state index is 4.98. The Kier molecular flexibility index (Phi) is 8.02. The van der Waals surface area contributed by atoms with Crippen LogP contribution in [0.5, 0.6) is 0 Å². The Hall–Kier alpha value is -0.120. The fourth-order valence-electron chi connectivity index (χ4n) is 1.63. The fraction of sp³-hybridized carbons (Fsp3) is 1.00. The summed E-state index contributed by atoms with van der Waals surface area (Å²) in [6.07, 6.45) is 1.10. The first kappa shape index (κ1) is 14.9. The lowest BCUT2D eigenvalue weighted by atomic mass is 9.96. The number of hydrogen-bond acceptors (Lipinski definition) is 3. The van der Waals surface area contributed by atoms with Crippen LogP contribution in [0.2, 0.25) is 0 Å². The van der Waals surface area contributed by atoms with E-state index < -0.39 is 0 Å². The quantitative estimate of drug-likeness (QED) is 0.624. The van der Waals surface area contributed by atoms with Crippen molar-refractivity contribution in [3.8, 4) is 0 Å². The molecule has 3 nitrogen and oxygen atoms in total. The molecule has 0 saturated heterocycles. The van der Waals surface area contributed by atoms with Crippen molar-refractivity contribution in [3.63, 3.8) is 0 Å². The van der Waals surface area contributed by atoms with Crippen LogP contribution in [0.15, 0.2) is 0 Å². The summed E-state index contributed by atoms with van der Waals surface area (Å²) in [6.45, 7) is 12.1. The maximum atomic E-state index is 4.98. The normalized spacial score (nSPS) is 12.4. The number of rotatable bonds is 8. The van der Waals surface area contributed by atoms with E-state index in [9.17, 15) is 0 Å². The highest BCUT2D eigenvalue weighted by Crippen LogP contribution is 2.13. The summed E-state index contributed by atoms with van der Waals surface area (Å²) >= 11 is 0. The van der Waals surface area contributed by atoms with Gasteiger partial charge in [-0.2, -0.15) is 0 Å². The SMILES string of the molecule is COCCCNCCN(C)CC(C)(C)C. The monoisotopic (exact) mass is 216 g/mol. The van der Waals surface area contributed by atoms with Gasteiger partial charge in [-0.25, -0.2) is 0 Å². The minimum atomic E-state index is 0.394. The van der Waals surface area contributed by atoms with E-state index in [4.69, 9.17) is 4.74 Å². The van der Waals surface area contributed by atoms with E-state index in [2.05, 4.69) is 38.0 Å². The lowest BCUT2D eigenvalue weighted by Gasteiger charge is -2.26. The summed E-state index contributed by atoms with van der Waals surface area (Å²) in [7, 11) is 3.93. The van der Waals surface area contributed by atoms with Crippen molar-refractivity contribution in [2.75, 3.05) is 46.9 Å². The molecule has 0 unspecified atom stereocenters. The number of nitrogens with zero attached hydrogens (tertiary/aromatic N) is 1. The molecule has 0 aromatic heterocycles. The highest BCUT2D eigenvalue weighted by Gasteiger charge is 2.12. The van der Waals surface area contributed by atoms with E-state index in [0.29, 0.717) is 5.41 Å². The van der Waals surface area contributed by atoms with Crippen LogP contribution in [0.3, 0.4) is 0 Å². The van der Waals surface area contributed by atoms with Crippen LogP contribution in [0, 0.1) is 5.41 Å². The molecule has 0 aliphatic carbocycles. The van der Waals surface area contributed by atoms with Gasteiger partial charge in [0.2, 0.25) is 0 Å². The van der Waals surface area contributed by atoms with Gasteiger partial charge in [0, 0.05) is 33.4 Å². The molecule has 0 spiro atoms. The third kappa shape index (κ3) is 11.8. The van der Waals surface area contributed by atoms with Gasteiger partial charge in [0.15, 0.2) is 0 Å². The Morgan fingerprint density at radius 1 is 1.20 bits per heavy atom. The molecule has 0 heterocycles. The molecule has 0 atom stereocenters. The van der Waals surface area contributed by atoms with Gasteiger partial charge in [-0.15, -0.1) is 0 Å². The van der Waals surface area contributed by atoms with Crippen molar-refractivity contribution in [1.82, 2.24) is 10.2 Å².